The molecule has 0 radical (unpaired) electrons. The predicted octanol–water partition coefficient (Wildman–Crippen LogP) is 2.30. The summed E-state index contributed by atoms with van der Waals surface area (Å²) >= 11 is 0. The summed E-state index contributed by atoms with van der Waals surface area (Å²) in [5, 5.41) is 3.76. The largest absolute Gasteiger partial charge is 0.378 e. The Kier molecular flexibility index (Phi) is 5.05. The zero-order valence-corrected chi connectivity index (χ0v) is 12.1. The lowest BCUT2D eigenvalue weighted by Gasteiger charge is -2.43. The second-order valence-electron chi connectivity index (χ2n) is 6.60. The molecular formula is C15H30N2O. The standard InChI is InChI=1S/C15H30N2O/c1-12(2)14-10-15(11-16,7-9-18-14)17-8-6-13-4-3-5-13/h12-14,17H,3-11,16H2,1-2H3. The first-order chi connectivity index (χ1) is 8.65. The van der Waals surface area contributed by atoms with E-state index in [0.717, 1.165) is 38.5 Å². The second-order valence-corrected chi connectivity index (χ2v) is 6.60. The number of hydrogen-bond donors (Lipinski definition) is 2. The van der Waals surface area contributed by atoms with Crippen molar-refractivity contribution in [3.8, 4) is 0 Å². The van der Waals surface area contributed by atoms with Crippen LogP contribution in [0, 0.1) is 11.8 Å². The Morgan fingerprint density at radius 1 is 1.39 bits per heavy atom. The van der Waals surface area contributed by atoms with E-state index in [1.54, 1.807) is 0 Å². The summed E-state index contributed by atoms with van der Waals surface area (Å²) in [4.78, 5) is 0. The topological polar surface area (TPSA) is 47.3 Å². The molecule has 18 heavy (non-hydrogen) atoms. The maximum Gasteiger partial charge on any atom is 0.0616 e. The van der Waals surface area contributed by atoms with Crippen molar-refractivity contribution in [3.63, 3.8) is 0 Å². The predicted molar refractivity (Wildman–Crippen MR) is 75.6 cm³/mol. The zero-order valence-electron chi connectivity index (χ0n) is 12.1. The van der Waals surface area contributed by atoms with Crippen LogP contribution in [0.15, 0.2) is 0 Å². The summed E-state index contributed by atoms with van der Waals surface area (Å²) in [6.45, 7) is 7.21. The molecule has 0 aromatic heterocycles. The lowest BCUT2D eigenvalue weighted by Crippen LogP contribution is -2.57. The van der Waals surface area contributed by atoms with Crippen LogP contribution in [0.1, 0.15) is 52.4 Å². The van der Waals surface area contributed by atoms with E-state index in [2.05, 4.69) is 19.2 Å². The molecule has 106 valence electrons. The van der Waals surface area contributed by atoms with E-state index in [9.17, 15) is 0 Å². The van der Waals surface area contributed by atoms with Gasteiger partial charge in [-0.15, -0.1) is 0 Å². The van der Waals surface area contributed by atoms with Gasteiger partial charge in [0.25, 0.3) is 0 Å². The van der Waals surface area contributed by atoms with Gasteiger partial charge in [-0.25, -0.2) is 0 Å². The first kappa shape index (κ1) is 14.3. The van der Waals surface area contributed by atoms with Crippen LogP contribution in [-0.2, 0) is 4.74 Å². The molecule has 1 saturated carbocycles. The van der Waals surface area contributed by atoms with E-state index >= 15 is 0 Å². The molecule has 0 spiro atoms. The van der Waals surface area contributed by atoms with Gasteiger partial charge in [0.05, 0.1) is 6.10 Å². The zero-order chi connectivity index (χ0) is 13.0. The van der Waals surface area contributed by atoms with E-state index in [-0.39, 0.29) is 5.54 Å². The van der Waals surface area contributed by atoms with Crippen molar-refractivity contribution in [1.29, 1.82) is 0 Å². The van der Waals surface area contributed by atoms with Crippen LogP contribution in [0.5, 0.6) is 0 Å². The molecule has 1 saturated heterocycles. The maximum atomic E-state index is 6.05. The molecule has 3 nitrogen and oxygen atoms in total. The highest BCUT2D eigenvalue weighted by Crippen LogP contribution is 2.31. The number of ether oxygens (including phenoxy) is 1. The molecule has 2 unspecified atom stereocenters. The van der Waals surface area contributed by atoms with Crippen LogP contribution < -0.4 is 11.1 Å². The Hall–Kier alpha value is -0.120. The van der Waals surface area contributed by atoms with Crippen LogP contribution in [0.3, 0.4) is 0 Å². The van der Waals surface area contributed by atoms with Gasteiger partial charge < -0.3 is 15.8 Å². The Labute approximate surface area is 112 Å². The molecule has 2 aliphatic rings. The highest BCUT2D eigenvalue weighted by Gasteiger charge is 2.36. The van der Waals surface area contributed by atoms with Gasteiger partial charge in [-0.2, -0.15) is 0 Å². The molecule has 2 atom stereocenters. The van der Waals surface area contributed by atoms with Crippen LogP contribution in [0.2, 0.25) is 0 Å². The fraction of sp³-hybridized carbons (Fsp3) is 1.00. The van der Waals surface area contributed by atoms with Crippen molar-refractivity contribution < 1.29 is 4.74 Å². The molecule has 3 heteroatoms. The number of nitrogens with two attached hydrogens (primary N) is 1. The van der Waals surface area contributed by atoms with Crippen LogP contribution in [-0.4, -0.2) is 31.3 Å². The molecule has 1 aliphatic carbocycles. The van der Waals surface area contributed by atoms with Crippen molar-refractivity contribution >= 4 is 0 Å². The average Bonchev–Trinajstić information content (AvgIpc) is 2.32. The summed E-state index contributed by atoms with van der Waals surface area (Å²) < 4.78 is 5.86. The molecular weight excluding hydrogens is 224 g/mol. The van der Waals surface area contributed by atoms with Gasteiger partial charge in [0, 0.05) is 18.7 Å². The molecule has 0 bridgehead atoms. The minimum atomic E-state index is 0.136. The van der Waals surface area contributed by atoms with E-state index in [4.69, 9.17) is 10.5 Å². The van der Waals surface area contributed by atoms with Crippen LogP contribution in [0.25, 0.3) is 0 Å². The fourth-order valence-electron chi connectivity index (χ4n) is 3.12. The van der Waals surface area contributed by atoms with E-state index in [1.807, 2.05) is 0 Å². The number of nitrogens with one attached hydrogen (secondary N) is 1. The van der Waals surface area contributed by atoms with Crippen molar-refractivity contribution in [1.82, 2.24) is 5.32 Å². The highest BCUT2D eigenvalue weighted by atomic mass is 16.5. The third-order valence-corrected chi connectivity index (χ3v) is 4.92. The van der Waals surface area contributed by atoms with Gasteiger partial charge in [-0.3, -0.25) is 0 Å². The maximum absolute atomic E-state index is 6.05. The molecule has 1 aliphatic heterocycles. The summed E-state index contributed by atoms with van der Waals surface area (Å²) in [6.07, 6.45) is 8.16. The summed E-state index contributed by atoms with van der Waals surface area (Å²) in [6, 6.07) is 0. The Morgan fingerprint density at radius 3 is 2.72 bits per heavy atom. The summed E-state index contributed by atoms with van der Waals surface area (Å²) in [5.41, 5.74) is 6.18. The molecule has 2 rings (SSSR count). The highest BCUT2D eigenvalue weighted by molar-refractivity contribution is 4.95. The first-order valence-electron chi connectivity index (χ1n) is 7.72. The number of rotatable bonds is 6. The van der Waals surface area contributed by atoms with E-state index < -0.39 is 0 Å². The third kappa shape index (κ3) is 3.46. The van der Waals surface area contributed by atoms with Crippen LogP contribution >= 0.6 is 0 Å². The van der Waals surface area contributed by atoms with Gasteiger partial charge in [0.1, 0.15) is 0 Å². The molecule has 2 fully saturated rings. The first-order valence-corrected chi connectivity index (χ1v) is 7.72. The van der Waals surface area contributed by atoms with Gasteiger partial charge >= 0.3 is 0 Å². The smallest absolute Gasteiger partial charge is 0.0616 e. The van der Waals surface area contributed by atoms with Crippen molar-refractivity contribution in [2.24, 2.45) is 17.6 Å². The van der Waals surface area contributed by atoms with Crippen molar-refractivity contribution in [2.75, 3.05) is 19.7 Å². The fourth-order valence-corrected chi connectivity index (χ4v) is 3.12. The van der Waals surface area contributed by atoms with Gasteiger partial charge in [0.2, 0.25) is 0 Å². The molecule has 0 aromatic rings. The van der Waals surface area contributed by atoms with E-state index in [0.29, 0.717) is 12.0 Å². The Bertz CT molecular complexity index is 253. The average molecular weight is 254 g/mol. The Morgan fingerprint density at radius 2 is 2.17 bits per heavy atom. The third-order valence-electron chi connectivity index (χ3n) is 4.92. The van der Waals surface area contributed by atoms with Gasteiger partial charge in [-0.05, 0) is 37.6 Å². The Balaban J connectivity index is 1.79. The quantitative estimate of drug-likeness (QED) is 0.764. The minimum absolute atomic E-state index is 0.136. The SMILES string of the molecule is CC(C)C1CC(CN)(NCCC2CCC2)CCO1. The summed E-state index contributed by atoms with van der Waals surface area (Å²) in [7, 11) is 0. The molecule has 0 aromatic carbocycles. The number of hydrogen-bond acceptors (Lipinski definition) is 3. The summed E-state index contributed by atoms with van der Waals surface area (Å²) in [5.74, 6) is 1.57. The lowest BCUT2D eigenvalue weighted by atomic mass is 9.81. The minimum Gasteiger partial charge on any atom is -0.378 e. The van der Waals surface area contributed by atoms with Crippen molar-refractivity contribution in [2.45, 2.75) is 64.0 Å². The normalized spacial score (nSPS) is 33.7. The van der Waals surface area contributed by atoms with Crippen LogP contribution in [0.4, 0.5) is 0 Å². The van der Waals surface area contributed by atoms with Gasteiger partial charge in [0.15, 0.2) is 0 Å². The van der Waals surface area contributed by atoms with E-state index in [1.165, 1.54) is 25.7 Å². The lowest BCUT2D eigenvalue weighted by molar-refractivity contribution is -0.0496. The molecule has 3 N–H and O–H groups in total. The van der Waals surface area contributed by atoms with Crippen molar-refractivity contribution in [3.05, 3.63) is 0 Å². The molecule has 0 amide bonds. The monoisotopic (exact) mass is 254 g/mol. The van der Waals surface area contributed by atoms with Gasteiger partial charge in [-0.1, -0.05) is 33.1 Å². The molecule has 1 heterocycles. The second kappa shape index (κ2) is 6.36.